The van der Waals surface area contributed by atoms with E-state index in [0.29, 0.717) is 18.4 Å². The zero-order valence-electron chi connectivity index (χ0n) is 14.0. The predicted molar refractivity (Wildman–Crippen MR) is 88.9 cm³/mol. The van der Waals surface area contributed by atoms with E-state index in [1.807, 2.05) is 17.0 Å². The fraction of sp³-hybridized carbons (Fsp3) is 0.611. The van der Waals surface area contributed by atoms with Crippen LogP contribution in [0, 0.1) is 5.82 Å². The highest BCUT2D eigenvalue weighted by atomic mass is 19.1. The minimum Gasteiger partial charge on any atom is -0.342 e. The van der Waals surface area contributed by atoms with E-state index in [9.17, 15) is 9.18 Å². The van der Waals surface area contributed by atoms with E-state index in [4.69, 9.17) is 0 Å². The molecule has 1 aromatic rings. The van der Waals surface area contributed by atoms with Gasteiger partial charge < -0.3 is 14.7 Å². The number of carbonyl (C=O) groups excluding carboxylic acids is 1. The van der Waals surface area contributed by atoms with Gasteiger partial charge in [-0.15, -0.1) is 0 Å². The molecule has 2 aliphatic rings. The third-order valence-corrected chi connectivity index (χ3v) is 5.27. The van der Waals surface area contributed by atoms with Crippen LogP contribution in [-0.2, 0) is 4.79 Å². The van der Waals surface area contributed by atoms with Crippen LogP contribution < -0.4 is 0 Å². The lowest BCUT2D eigenvalue weighted by atomic mass is 9.98. The van der Waals surface area contributed by atoms with Crippen LogP contribution in [0.4, 0.5) is 4.39 Å². The minimum absolute atomic E-state index is 0.205. The van der Waals surface area contributed by atoms with Crippen LogP contribution in [0.5, 0.6) is 0 Å². The van der Waals surface area contributed by atoms with Gasteiger partial charge in [-0.2, -0.15) is 0 Å². The van der Waals surface area contributed by atoms with Gasteiger partial charge in [0.15, 0.2) is 0 Å². The van der Waals surface area contributed by atoms with Gasteiger partial charge in [-0.1, -0.05) is 12.1 Å². The van der Waals surface area contributed by atoms with E-state index in [1.165, 1.54) is 12.1 Å². The summed E-state index contributed by atoms with van der Waals surface area (Å²) in [6.45, 7) is 4.62. The maximum absolute atomic E-state index is 13.0. The zero-order valence-corrected chi connectivity index (χ0v) is 14.0. The summed E-state index contributed by atoms with van der Waals surface area (Å²) in [4.78, 5) is 19.2. The average molecular weight is 319 g/mol. The molecule has 2 fully saturated rings. The van der Waals surface area contributed by atoms with Gasteiger partial charge in [0.05, 0.1) is 0 Å². The number of hydrogen-bond donors (Lipinski definition) is 0. The van der Waals surface area contributed by atoms with Crippen molar-refractivity contribution < 1.29 is 9.18 Å². The van der Waals surface area contributed by atoms with E-state index in [0.717, 1.165) is 44.7 Å². The van der Waals surface area contributed by atoms with Crippen molar-refractivity contribution in [3.05, 3.63) is 35.6 Å². The van der Waals surface area contributed by atoms with Crippen molar-refractivity contribution >= 4 is 5.91 Å². The number of benzene rings is 1. The van der Waals surface area contributed by atoms with E-state index >= 15 is 0 Å². The van der Waals surface area contributed by atoms with Gasteiger partial charge in [0.1, 0.15) is 5.82 Å². The van der Waals surface area contributed by atoms with Crippen LogP contribution in [0.2, 0.25) is 0 Å². The number of carbonyl (C=O) groups is 1. The van der Waals surface area contributed by atoms with Gasteiger partial charge in [0.25, 0.3) is 0 Å². The lowest BCUT2D eigenvalue weighted by molar-refractivity contribution is -0.131. The summed E-state index contributed by atoms with van der Waals surface area (Å²) < 4.78 is 13.0. The minimum atomic E-state index is -0.205. The molecular formula is C18H26FN3O. The second-order valence-corrected chi connectivity index (χ2v) is 6.98. The zero-order chi connectivity index (χ0) is 16.4. The molecule has 4 nitrogen and oxygen atoms in total. The number of amides is 1. The number of likely N-dealkylation sites (N-methyl/N-ethyl adjacent to an activating group) is 2. The Balaban J connectivity index is 1.56. The second kappa shape index (κ2) is 6.97. The lowest BCUT2D eigenvalue weighted by Gasteiger charge is -2.38. The van der Waals surface area contributed by atoms with Crippen LogP contribution in [0.15, 0.2) is 24.3 Å². The molecule has 0 saturated carbocycles. The maximum atomic E-state index is 13.0. The second-order valence-electron chi connectivity index (χ2n) is 6.98. The van der Waals surface area contributed by atoms with E-state index < -0.39 is 0 Å². The highest BCUT2D eigenvalue weighted by molar-refractivity contribution is 5.77. The first-order chi connectivity index (χ1) is 11.0. The number of nitrogens with zero attached hydrogens (tertiary/aromatic N) is 3. The number of likely N-dealkylation sites (tertiary alicyclic amines) is 1. The molecule has 0 N–H and O–H groups in total. The monoisotopic (exact) mass is 319 g/mol. The molecule has 2 atom stereocenters. The molecule has 2 aliphatic heterocycles. The maximum Gasteiger partial charge on any atom is 0.224 e. The summed E-state index contributed by atoms with van der Waals surface area (Å²) in [7, 11) is 4.22. The van der Waals surface area contributed by atoms with Crippen molar-refractivity contribution in [2.75, 3.05) is 46.8 Å². The van der Waals surface area contributed by atoms with Gasteiger partial charge >= 0.3 is 0 Å². The SMILES string of the molecule is CN1CCN(C)[C@H](CC(=O)N2CC[C@@H](c3ccc(F)cc3)C2)C1. The molecule has 0 radical (unpaired) electrons. The fourth-order valence-corrected chi connectivity index (χ4v) is 3.65. The molecule has 0 unspecified atom stereocenters. The average Bonchev–Trinajstić information content (AvgIpc) is 3.02. The number of halogens is 1. The predicted octanol–water partition coefficient (Wildman–Crippen LogP) is 1.78. The summed E-state index contributed by atoms with van der Waals surface area (Å²) in [6.07, 6.45) is 1.56. The smallest absolute Gasteiger partial charge is 0.224 e. The molecule has 1 amide bonds. The van der Waals surface area contributed by atoms with E-state index in [1.54, 1.807) is 0 Å². The Bertz CT molecular complexity index is 548. The van der Waals surface area contributed by atoms with Crippen LogP contribution >= 0.6 is 0 Å². The molecule has 5 heteroatoms. The van der Waals surface area contributed by atoms with Gasteiger partial charge in [-0.3, -0.25) is 4.79 Å². The van der Waals surface area contributed by atoms with Gasteiger partial charge in [0, 0.05) is 51.1 Å². The third kappa shape index (κ3) is 3.90. The Labute approximate surface area is 137 Å². The summed E-state index contributed by atoms with van der Waals surface area (Å²) in [5.74, 6) is 0.386. The van der Waals surface area contributed by atoms with Gasteiger partial charge in [0.2, 0.25) is 5.91 Å². The highest BCUT2D eigenvalue weighted by Gasteiger charge is 2.31. The summed E-state index contributed by atoms with van der Waals surface area (Å²) in [6, 6.07) is 7.01. The molecule has 126 valence electrons. The Morgan fingerprint density at radius 3 is 2.61 bits per heavy atom. The number of rotatable bonds is 3. The van der Waals surface area contributed by atoms with Crippen LogP contribution in [-0.4, -0.2) is 73.5 Å². The fourth-order valence-electron chi connectivity index (χ4n) is 3.65. The first kappa shape index (κ1) is 16.4. The molecule has 0 bridgehead atoms. The molecule has 0 spiro atoms. The normalized spacial score (nSPS) is 26.7. The van der Waals surface area contributed by atoms with Crippen molar-refractivity contribution in [2.24, 2.45) is 0 Å². The van der Waals surface area contributed by atoms with Crippen molar-refractivity contribution in [2.45, 2.75) is 24.8 Å². The van der Waals surface area contributed by atoms with Gasteiger partial charge in [-0.05, 0) is 38.2 Å². The Morgan fingerprint density at radius 1 is 1.13 bits per heavy atom. The van der Waals surface area contributed by atoms with E-state index in [-0.39, 0.29) is 11.7 Å². The quantitative estimate of drug-likeness (QED) is 0.850. The van der Waals surface area contributed by atoms with Crippen molar-refractivity contribution in [3.8, 4) is 0 Å². The molecule has 2 saturated heterocycles. The molecule has 3 rings (SSSR count). The highest BCUT2D eigenvalue weighted by Crippen LogP contribution is 2.28. The molecule has 0 aromatic heterocycles. The largest absolute Gasteiger partial charge is 0.342 e. The van der Waals surface area contributed by atoms with Crippen molar-refractivity contribution in [1.29, 1.82) is 0 Å². The topological polar surface area (TPSA) is 26.8 Å². The Morgan fingerprint density at radius 2 is 1.87 bits per heavy atom. The summed E-state index contributed by atoms with van der Waals surface area (Å²) in [5, 5.41) is 0. The first-order valence-electron chi connectivity index (χ1n) is 8.45. The molecule has 23 heavy (non-hydrogen) atoms. The molecule has 1 aromatic carbocycles. The number of piperazine rings is 1. The summed E-state index contributed by atoms with van der Waals surface area (Å²) in [5.41, 5.74) is 1.14. The van der Waals surface area contributed by atoms with Gasteiger partial charge in [-0.25, -0.2) is 4.39 Å². The lowest BCUT2D eigenvalue weighted by Crippen LogP contribution is -2.51. The van der Waals surface area contributed by atoms with Crippen LogP contribution in [0.25, 0.3) is 0 Å². The Hall–Kier alpha value is -1.46. The molecular weight excluding hydrogens is 293 g/mol. The van der Waals surface area contributed by atoms with Crippen LogP contribution in [0.1, 0.15) is 24.3 Å². The summed E-state index contributed by atoms with van der Waals surface area (Å²) >= 11 is 0. The first-order valence-corrected chi connectivity index (χ1v) is 8.45. The van der Waals surface area contributed by atoms with Crippen LogP contribution in [0.3, 0.4) is 0 Å². The standard InChI is InChI=1S/C18H26FN3O/c1-20-9-10-21(2)17(13-20)11-18(23)22-8-7-15(12-22)14-3-5-16(19)6-4-14/h3-6,15,17H,7-13H2,1-2H3/t15-,17-/m1/s1. The molecule has 0 aliphatic carbocycles. The van der Waals surface area contributed by atoms with E-state index in [2.05, 4.69) is 23.9 Å². The van der Waals surface area contributed by atoms with Crippen molar-refractivity contribution in [3.63, 3.8) is 0 Å². The van der Waals surface area contributed by atoms with Crippen molar-refractivity contribution in [1.82, 2.24) is 14.7 Å². The number of hydrogen-bond acceptors (Lipinski definition) is 3. The molecule has 2 heterocycles. The third-order valence-electron chi connectivity index (χ3n) is 5.27. The Kier molecular flexibility index (Phi) is 4.97.